The first-order valence-electron chi connectivity index (χ1n) is 11.0. The Hall–Kier alpha value is -2.92. The summed E-state index contributed by atoms with van der Waals surface area (Å²) in [5.41, 5.74) is -2.12. The van der Waals surface area contributed by atoms with Crippen molar-refractivity contribution >= 4 is 0 Å². The summed E-state index contributed by atoms with van der Waals surface area (Å²) < 4.78 is 91.9. The Morgan fingerprint density at radius 1 is 1.03 bits per heavy atom. The maximum Gasteiger partial charge on any atom is 0.416 e. The molecule has 1 fully saturated rings. The summed E-state index contributed by atoms with van der Waals surface area (Å²) in [7, 11) is 0. The van der Waals surface area contributed by atoms with Gasteiger partial charge in [0.05, 0.1) is 23.8 Å². The molecule has 0 radical (unpaired) electrons. The van der Waals surface area contributed by atoms with E-state index in [4.69, 9.17) is 9.47 Å². The van der Waals surface area contributed by atoms with Crippen molar-refractivity contribution in [3.8, 4) is 0 Å². The number of H-pyrrole nitrogens is 1. The molecule has 0 aliphatic carbocycles. The number of aromatic amines is 1. The average molecular weight is 499 g/mol. The van der Waals surface area contributed by atoms with Crippen LogP contribution in [0.5, 0.6) is 0 Å². The lowest BCUT2D eigenvalue weighted by atomic mass is 9.79. The Labute approximate surface area is 197 Å². The molecular weight excluding hydrogens is 476 g/mol. The average Bonchev–Trinajstić information content (AvgIpc) is 3.31. The third-order valence-corrected chi connectivity index (χ3v) is 6.09. The molecule has 1 aliphatic heterocycles. The first-order chi connectivity index (χ1) is 16.5. The number of ether oxygens (including phenoxy) is 2. The lowest BCUT2D eigenvalue weighted by molar-refractivity contribution is -0.209. The highest BCUT2D eigenvalue weighted by Gasteiger charge is 2.40. The van der Waals surface area contributed by atoms with Gasteiger partial charge in [-0.15, -0.1) is 0 Å². The summed E-state index contributed by atoms with van der Waals surface area (Å²) in [6, 6.07) is 10.8. The first-order valence-corrected chi connectivity index (χ1v) is 11.0. The van der Waals surface area contributed by atoms with Gasteiger partial charge in [-0.2, -0.15) is 31.4 Å². The maximum atomic E-state index is 13.3. The minimum absolute atomic E-state index is 0.0106. The van der Waals surface area contributed by atoms with Crippen LogP contribution in [-0.4, -0.2) is 28.1 Å². The topological polar surface area (TPSA) is 60.0 Å². The zero-order chi connectivity index (χ0) is 25.2. The molecule has 188 valence electrons. The van der Waals surface area contributed by atoms with Gasteiger partial charge in [-0.3, -0.25) is 5.10 Å². The molecule has 2 aromatic carbocycles. The standard InChI is InChI=1S/C24H23F6N3O2/c1-14(17-9-18(23(25,26)27)12-19(10-17)24(28,29)30)35-22-21(15-5-3-2-4-6-15)16(7-8-34-22)11-20-31-13-32-33-20/h2-6,9-10,12-14,16,21-22H,7-8,11H2,1H3,(H,31,32,33). The molecule has 1 aliphatic rings. The Morgan fingerprint density at radius 2 is 1.69 bits per heavy atom. The zero-order valence-electron chi connectivity index (χ0n) is 18.6. The van der Waals surface area contributed by atoms with Crippen LogP contribution in [-0.2, 0) is 28.2 Å². The van der Waals surface area contributed by atoms with Crippen LogP contribution in [0.4, 0.5) is 26.3 Å². The molecular formula is C24H23F6N3O2. The van der Waals surface area contributed by atoms with Crippen LogP contribution in [0.3, 0.4) is 0 Å². The molecule has 0 amide bonds. The zero-order valence-corrected chi connectivity index (χ0v) is 18.6. The fourth-order valence-corrected chi connectivity index (χ4v) is 4.37. The Morgan fingerprint density at radius 3 is 2.26 bits per heavy atom. The number of rotatable bonds is 6. The molecule has 11 heteroatoms. The molecule has 1 N–H and O–H groups in total. The van der Waals surface area contributed by atoms with E-state index in [1.807, 2.05) is 30.3 Å². The molecule has 2 heterocycles. The van der Waals surface area contributed by atoms with Crippen LogP contribution in [0.2, 0.25) is 0 Å². The predicted molar refractivity (Wildman–Crippen MR) is 113 cm³/mol. The molecule has 1 saturated heterocycles. The number of nitrogens with zero attached hydrogens (tertiary/aromatic N) is 2. The minimum Gasteiger partial charge on any atom is -0.352 e. The van der Waals surface area contributed by atoms with E-state index in [1.165, 1.54) is 13.3 Å². The molecule has 1 aromatic heterocycles. The van der Waals surface area contributed by atoms with Crippen LogP contribution in [0.1, 0.15) is 53.4 Å². The number of aromatic nitrogens is 3. The van der Waals surface area contributed by atoms with Crippen LogP contribution in [0.25, 0.3) is 0 Å². The third-order valence-electron chi connectivity index (χ3n) is 6.09. The van der Waals surface area contributed by atoms with E-state index in [0.717, 1.165) is 5.56 Å². The number of alkyl halides is 6. The summed E-state index contributed by atoms with van der Waals surface area (Å²) in [6.45, 7) is 1.73. The van der Waals surface area contributed by atoms with E-state index in [1.54, 1.807) is 0 Å². The van der Waals surface area contributed by atoms with E-state index < -0.39 is 35.9 Å². The molecule has 35 heavy (non-hydrogen) atoms. The van der Waals surface area contributed by atoms with Crippen molar-refractivity contribution in [2.24, 2.45) is 5.92 Å². The Balaban J connectivity index is 1.64. The Kier molecular flexibility index (Phi) is 7.18. The van der Waals surface area contributed by atoms with Gasteiger partial charge in [0, 0.05) is 12.3 Å². The van der Waals surface area contributed by atoms with Gasteiger partial charge >= 0.3 is 12.4 Å². The highest BCUT2D eigenvalue weighted by molar-refractivity contribution is 5.35. The summed E-state index contributed by atoms with van der Waals surface area (Å²) >= 11 is 0. The van der Waals surface area contributed by atoms with Crippen molar-refractivity contribution in [1.82, 2.24) is 15.2 Å². The fourth-order valence-electron chi connectivity index (χ4n) is 4.37. The van der Waals surface area contributed by atoms with Crippen LogP contribution in [0, 0.1) is 5.92 Å². The van der Waals surface area contributed by atoms with Crippen LogP contribution in [0.15, 0.2) is 54.9 Å². The predicted octanol–water partition coefficient (Wildman–Crippen LogP) is 6.31. The Bertz CT molecular complexity index is 1070. The number of hydrogen-bond acceptors (Lipinski definition) is 4. The number of halogens is 6. The normalized spacial score (nSPS) is 22.2. The second-order valence-corrected chi connectivity index (χ2v) is 8.48. The van der Waals surface area contributed by atoms with E-state index in [0.29, 0.717) is 37.4 Å². The van der Waals surface area contributed by atoms with Gasteiger partial charge in [0.1, 0.15) is 12.2 Å². The van der Waals surface area contributed by atoms with Gasteiger partial charge in [-0.25, -0.2) is 4.98 Å². The van der Waals surface area contributed by atoms with Crippen molar-refractivity contribution in [3.63, 3.8) is 0 Å². The molecule has 3 aromatic rings. The third kappa shape index (κ3) is 6.02. The highest BCUT2D eigenvalue weighted by Crippen LogP contribution is 2.42. The van der Waals surface area contributed by atoms with E-state index in [9.17, 15) is 26.3 Å². The lowest BCUT2D eigenvalue weighted by Gasteiger charge is -2.39. The van der Waals surface area contributed by atoms with E-state index in [-0.39, 0.29) is 23.5 Å². The molecule has 4 rings (SSSR count). The van der Waals surface area contributed by atoms with Crippen LogP contribution < -0.4 is 0 Å². The van der Waals surface area contributed by atoms with Gasteiger partial charge in [-0.1, -0.05) is 30.3 Å². The summed E-state index contributed by atoms with van der Waals surface area (Å²) in [6.07, 6.45) is -9.28. The summed E-state index contributed by atoms with van der Waals surface area (Å²) in [5.74, 6) is 0.325. The van der Waals surface area contributed by atoms with Gasteiger partial charge in [0.15, 0.2) is 6.29 Å². The largest absolute Gasteiger partial charge is 0.416 e. The van der Waals surface area contributed by atoms with E-state index in [2.05, 4.69) is 15.2 Å². The van der Waals surface area contributed by atoms with Crippen LogP contribution >= 0.6 is 0 Å². The van der Waals surface area contributed by atoms with Gasteiger partial charge in [0.2, 0.25) is 0 Å². The molecule has 4 atom stereocenters. The number of benzene rings is 2. The van der Waals surface area contributed by atoms with Gasteiger partial charge in [0.25, 0.3) is 0 Å². The fraction of sp³-hybridized carbons (Fsp3) is 0.417. The molecule has 0 saturated carbocycles. The minimum atomic E-state index is -4.94. The summed E-state index contributed by atoms with van der Waals surface area (Å²) in [5, 5.41) is 6.69. The summed E-state index contributed by atoms with van der Waals surface area (Å²) in [4.78, 5) is 4.18. The van der Waals surface area contributed by atoms with E-state index >= 15 is 0 Å². The maximum absolute atomic E-state index is 13.3. The quantitative estimate of drug-likeness (QED) is 0.404. The molecule has 0 bridgehead atoms. The number of hydrogen-bond donors (Lipinski definition) is 1. The molecule has 0 spiro atoms. The van der Waals surface area contributed by atoms with Crippen molar-refractivity contribution in [2.45, 2.75) is 50.4 Å². The lowest BCUT2D eigenvalue weighted by Crippen LogP contribution is -2.38. The van der Waals surface area contributed by atoms with Gasteiger partial charge in [-0.05, 0) is 48.6 Å². The van der Waals surface area contributed by atoms with Crippen molar-refractivity contribution in [2.75, 3.05) is 6.61 Å². The molecule has 5 nitrogen and oxygen atoms in total. The monoisotopic (exact) mass is 499 g/mol. The van der Waals surface area contributed by atoms with Crippen molar-refractivity contribution in [1.29, 1.82) is 0 Å². The second-order valence-electron chi connectivity index (χ2n) is 8.48. The second kappa shape index (κ2) is 9.98. The first kappa shape index (κ1) is 25.2. The van der Waals surface area contributed by atoms with Crippen molar-refractivity contribution in [3.05, 3.63) is 82.9 Å². The SMILES string of the molecule is CC(OC1OCCC(Cc2ncn[nH]2)C1c1ccccc1)c1cc(C(F)(F)F)cc(C(F)(F)F)c1. The highest BCUT2D eigenvalue weighted by atomic mass is 19.4. The smallest absolute Gasteiger partial charge is 0.352 e. The number of nitrogens with one attached hydrogen (secondary N) is 1. The van der Waals surface area contributed by atoms with Crippen molar-refractivity contribution < 1.29 is 35.8 Å². The van der Waals surface area contributed by atoms with Gasteiger partial charge < -0.3 is 9.47 Å². The molecule has 4 unspecified atom stereocenters.